The molecule has 1 aromatic rings. The molecule has 52 valence electrons. The molecule has 0 amide bonds. The fourth-order valence-corrected chi connectivity index (χ4v) is 2.45. The first-order valence-corrected chi connectivity index (χ1v) is 4.66. The van der Waals surface area contributed by atoms with E-state index >= 15 is 0 Å². The van der Waals surface area contributed by atoms with Crippen LogP contribution in [0, 0.1) is 0 Å². The number of benzene rings is 1. The second-order valence-corrected chi connectivity index (χ2v) is 3.93. The molecular weight excluding hydrogens is 210 g/mol. The van der Waals surface area contributed by atoms with Gasteiger partial charge in [0.15, 0.2) is 0 Å². The predicted octanol–water partition coefficient (Wildman–Crippen LogP) is 2.56. The maximum Gasteiger partial charge on any atom is 0.0336 e. The third-order valence-electron chi connectivity index (χ3n) is 1.51. The zero-order chi connectivity index (χ0) is 6.97. The lowest BCUT2D eigenvalue weighted by Gasteiger charge is -1.96. The molecule has 0 atom stereocenters. The molecule has 0 aliphatic carbocycles. The van der Waals surface area contributed by atoms with E-state index < -0.39 is 0 Å². The van der Waals surface area contributed by atoms with E-state index in [2.05, 4.69) is 38.9 Å². The van der Waals surface area contributed by atoms with Gasteiger partial charge in [-0.25, -0.2) is 0 Å². The normalized spacial score (nSPS) is 15.3. The van der Waals surface area contributed by atoms with E-state index in [4.69, 9.17) is 0 Å². The number of fused-ring (bicyclic) bond motifs is 1. The van der Waals surface area contributed by atoms with Gasteiger partial charge < -0.3 is 0 Å². The summed E-state index contributed by atoms with van der Waals surface area (Å²) >= 11 is 5.20. The van der Waals surface area contributed by atoms with E-state index in [-0.39, 0.29) is 0 Å². The number of halogens is 1. The second kappa shape index (κ2) is 2.57. The van der Waals surface area contributed by atoms with Crippen LogP contribution in [0.5, 0.6) is 0 Å². The molecule has 0 saturated carbocycles. The van der Waals surface area contributed by atoms with E-state index in [1.165, 1.54) is 14.9 Å². The molecule has 1 aliphatic rings. The predicted molar refractivity (Wildman–Crippen MR) is 46.8 cm³/mol. The summed E-state index contributed by atoms with van der Waals surface area (Å²) in [4.78, 5) is 1.34. The molecule has 2 rings (SSSR count). The summed E-state index contributed by atoms with van der Waals surface area (Å²) in [5, 5.41) is 0. The zero-order valence-corrected chi connectivity index (χ0v) is 7.63. The second-order valence-electron chi connectivity index (χ2n) is 2.14. The minimum Gasteiger partial charge on any atom is -0.255 e. The largest absolute Gasteiger partial charge is 0.255 e. The van der Waals surface area contributed by atoms with Gasteiger partial charge in [-0.05, 0) is 29.6 Å². The van der Waals surface area contributed by atoms with Crippen LogP contribution in [0.15, 0.2) is 27.6 Å². The highest BCUT2D eigenvalue weighted by Gasteiger charge is 2.12. The molecule has 1 heterocycles. The summed E-state index contributed by atoms with van der Waals surface area (Å²) in [6.07, 6.45) is 0. The molecule has 1 N–H and O–H groups in total. The number of hydrogen-bond acceptors (Lipinski definition) is 2. The lowest BCUT2D eigenvalue weighted by molar-refractivity contribution is 0.986. The standard InChI is InChI=1S/C7H6BrNS/c8-6-2-1-3-7-5(6)4-9-10-7/h1-3,9H,4H2. The average Bonchev–Trinajstić information content (AvgIpc) is 2.36. The molecule has 3 heteroatoms. The monoisotopic (exact) mass is 215 g/mol. The molecule has 1 nitrogen and oxygen atoms in total. The van der Waals surface area contributed by atoms with Gasteiger partial charge in [-0.3, -0.25) is 4.72 Å². The molecule has 1 aromatic carbocycles. The van der Waals surface area contributed by atoms with Crippen LogP contribution in [-0.4, -0.2) is 0 Å². The topological polar surface area (TPSA) is 12.0 Å². The van der Waals surface area contributed by atoms with E-state index in [1.807, 2.05) is 0 Å². The third kappa shape index (κ3) is 0.983. The molecule has 0 aromatic heterocycles. The molecule has 0 fully saturated rings. The minimum absolute atomic E-state index is 0.974. The van der Waals surface area contributed by atoms with Crippen LogP contribution in [0.3, 0.4) is 0 Å². The number of nitrogens with one attached hydrogen (secondary N) is 1. The van der Waals surface area contributed by atoms with Crippen molar-refractivity contribution in [1.29, 1.82) is 0 Å². The van der Waals surface area contributed by atoms with Crippen molar-refractivity contribution in [3.05, 3.63) is 28.2 Å². The quantitative estimate of drug-likeness (QED) is 0.669. The van der Waals surface area contributed by atoms with Crippen LogP contribution < -0.4 is 4.72 Å². The lowest BCUT2D eigenvalue weighted by atomic mass is 10.2. The van der Waals surface area contributed by atoms with Crippen LogP contribution in [-0.2, 0) is 6.54 Å². The third-order valence-corrected chi connectivity index (χ3v) is 3.14. The lowest BCUT2D eigenvalue weighted by Crippen LogP contribution is -1.92. The van der Waals surface area contributed by atoms with Crippen molar-refractivity contribution >= 4 is 27.9 Å². The fraction of sp³-hybridized carbons (Fsp3) is 0.143. The van der Waals surface area contributed by atoms with Crippen molar-refractivity contribution < 1.29 is 0 Å². The minimum atomic E-state index is 0.974. The van der Waals surface area contributed by atoms with Gasteiger partial charge in [0.25, 0.3) is 0 Å². The Balaban J connectivity index is 2.59. The first-order chi connectivity index (χ1) is 4.88. The Morgan fingerprint density at radius 3 is 3.20 bits per heavy atom. The molecular formula is C7H6BrNS. The van der Waals surface area contributed by atoms with Gasteiger partial charge in [-0.15, -0.1) is 0 Å². The Morgan fingerprint density at radius 2 is 2.40 bits per heavy atom. The van der Waals surface area contributed by atoms with Crippen molar-refractivity contribution in [2.24, 2.45) is 0 Å². The number of hydrogen-bond donors (Lipinski definition) is 1. The van der Waals surface area contributed by atoms with Gasteiger partial charge >= 0.3 is 0 Å². The van der Waals surface area contributed by atoms with Gasteiger partial charge in [-0.1, -0.05) is 22.0 Å². The molecule has 0 spiro atoms. The van der Waals surface area contributed by atoms with Gasteiger partial charge in [0, 0.05) is 15.9 Å². The van der Waals surface area contributed by atoms with E-state index in [0.29, 0.717) is 0 Å². The summed E-state index contributed by atoms with van der Waals surface area (Å²) in [7, 11) is 0. The highest BCUT2D eigenvalue weighted by Crippen LogP contribution is 2.31. The molecule has 10 heavy (non-hydrogen) atoms. The summed E-state index contributed by atoms with van der Waals surface area (Å²) in [5.74, 6) is 0. The Kier molecular flexibility index (Phi) is 1.72. The first-order valence-electron chi connectivity index (χ1n) is 3.05. The summed E-state index contributed by atoms with van der Waals surface area (Å²) in [5.41, 5.74) is 1.38. The van der Waals surface area contributed by atoms with Crippen LogP contribution in [0.1, 0.15) is 5.56 Å². The first kappa shape index (κ1) is 6.70. The Hall–Kier alpha value is 0.01000. The van der Waals surface area contributed by atoms with Crippen molar-refractivity contribution in [3.63, 3.8) is 0 Å². The SMILES string of the molecule is Brc1cccc2c1CNS2. The van der Waals surface area contributed by atoms with Gasteiger partial charge in [0.1, 0.15) is 0 Å². The van der Waals surface area contributed by atoms with Gasteiger partial charge in [0.2, 0.25) is 0 Å². The van der Waals surface area contributed by atoms with Gasteiger partial charge in [-0.2, -0.15) is 0 Å². The summed E-state index contributed by atoms with van der Waals surface area (Å²) in [6.45, 7) is 0.974. The van der Waals surface area contributed by atoms with Crippen molar-refractivity contribution in [3.8, 4) is 0 Å². The van der Waals surface area contributed by atoms with Crippen LogP contribution in [0.4, 0.5) is 0 Å². The van der Waals surface area contributed by atoms with E-state index in [0.717, 1.165) is 6.54 Å². The maximum atomic E-state index is 3.49. The van der Waals surface area contributed by atoms with E-state index in [9.17, 15) is 0 Å². The molecule has 0 saturated heterocycles. The van der Waals surface area contributed by atoms with E-state index in [1.54, 1.807) is 11.9 Å². The summed E-state index contributed by atoms with van der Waals surface area (Å²) in [6, 6.07) is 6.26. The van der Waals surface area contributed by atoms with Crippen LogP contribution >= 0.6 is 27.9 Å². The van der Waals surface area contributed by atoms with Crippen molar-refractivity contribution in [2.45, 2.75) is 11.4 Å². The van der Waals surface area contributed by atoms with Crippen molar-refractivity contribution in [2.75, 3.05) is 0 Å². The smallest absolute Gasteiger partial charge is 0.0336 e. The highest BCUT2D eigenvalue weighted by molar-refractivity contribution is 9.10. The number of rotatable bonds is 0. The van der Waals surface area contributed by atoms with Crippen LogP contribution in [0.25, 0.3) is 0 Å². The average molecular weight is 216 g/mol. The molecule has 1 aliphatic heterocycles. The fourth-order valence-electron chi connectivity index (χ4n) is 0.992. The Morgan fingerprint density at radius 1 is 1.50 bits per heavy atom. The molecule has 0 unspecified atom stereocenters. The Labute approximate surface area is 72.5 Å². The molecule has 0 radical (unpaired) electrons. The maximum absolute atomic E-state index is 3.49. The van der Waals surface area contributed by atoms with Crippen LogP contribution in [0.2, 0.25) is 0 Å². The highest BCUT2D eigenvalue weighted by atomic mass is 79.9. The molecule has 0 bridgehead atoms. The zero-order valence-electron chi connectivity index (χ0n) is 5.23. The summed E-state index contributed by atoms with van der Waals surface area (Å²) < 4.78 is 4.43. The van der Waals surface area contributed by atoms with Crippen molar-refractivity contribution in [1.82, 2.24) is 4.72 Å². The van der Waals surface area contributed by atoms with Gasteiger partial charge in [0.05, 0.1) is 0 Å². The Bertz CT molecular complexity index is 262.